The van der Waals surface area contributed by atoms with Crippen LogP contribution in [-0.2, 0) is 19.6 Å². The molecule has 1 aliphatic heterocycles. The molecule has 0 saturated carbocycles. The molecule has 2 amide bonds. The maximum atomic E-state index is 13.1. The van der Waals surface area contributed by atoms with Crippen molar-refractivity contribution >= 4 is 27.5 Å². The summed E-state index contributed by atoms with van der Waals surface area (Å²) < 4.78 is 27.3. The van der Waals surface area contributed by atoms with E-state index in [1.54, 1.807) is 11.8 Å². The molecule has 0 unspecified atom stereocenters. The molecular weight excluding hydrogens is 424 g/mol. The van der Waals surface area contributed by atoms with Gasteiger partial charge in [0.25, 0.3) is 5.69 Å². The predicted molar refractivity (Wildman–Crippen MR) is 115 cm³/mol. The summed E-state index contributed by atoms with van der Waals surface area (Å²) in [6.45, 7) is 9.11. The van der Waals surface area contributed by atoms with Crippen LogP contribution in [0.4, 0.5) is 5.69 Å². The summed E-state index contributed by atoms with van der Waals surface area (Å²) in [5.41, 5.74) is -0.687. The minimum absolute atomic E-state index is 0.00241. The Hall–Kier alpha value is -2.53. The fraction of sp³-hybridized carbons (Fsp3) is 0.600. The Labute approximate surface area is 182 Å². The lowest BCUT2D eigenvalue weighted by Crippen LogP contribution is -2.59. The minimum Gasteiger partial charge on any atom is -0.345 e. The van der Waals surface area contributed by atoms with Crippen LogP contribution in [0, 0.1) is 15.5 Å². The monoisotopic (exact) mass is 454 g/mol. The zero-order chi connectivity index (χ0) is 23.6. The number of para-hydroxylation sites is 1. The molecule has 172 valence electrons. The third kappa shape index (κ3) is 6.01. The van der Waals surface area contributed by atoms with Crippen molar-refractivity contribution in [2.45, 2.75) is 58.0 Å². The number of carbonyl (C=O) groups is 2. The molecular formula is C20H30N4O6S. The lowest BCUT2D eigenvalue weighted by molar-refractivity contribution is -0.387. The number of rotatable bonds is 6. The molecule has 31 heavy (non-hydrogen) atoms. The van der Waals surface area contributed by atoms with E-state index in [1.165, 1.54) is 29.4 Å². The van der Waals surface area contributed by atoms with Crippen molar-refractivity contribution < 1.29 is 22.9 Å². The van der Waals surface area contributed by atoms with Gasteiger partial charge in [0.15, 0.2) is 4.90 Å². The van der Waals surface area contributed by atoms with Crippen LogP contribution < -0.4 is 5.32 Å². The molecule has 0 bridgehead atoms. The lowest BCUT2D eigenvalue weighted by atomic mass is 9.87. The van der Waals surface area contributed by atoms with Crippen molar-refractivity contribution in [1.82, 2.24) is 14.5 Å². The summed E-state index contributed by atoms with van der Waals surface area (Å²) in [5, 5.41) is 14.0. The van der Waals surface area contributed by atoms with E-state index >= 15 is 0 Å². The van der Waals surface area contributed by atoms with Gasteiger partial charge in [-0.1, -0.05) is 32.9 Å². The molecule has 1 aliphatic rings. The van der Waals surface area contributed by atoms with E-state index < -0.39 is 32.7 Å². The van der Waals surface area contributed by atoms with E-state index in [2.05, 4.69) is 5.32 Å². The van der Waals surface area contributed by atoms with E-state index in [0.29, 0.717) is 6.42 Å². The number of nitrogens with one attached hydrogen (secondary N) is 1. The summed E-state index contributed by atoms with van der Waals surface area (Å²) in [7, 11) is -4.10. The van der Waals surface area contributed by atoms with Crippen molar-refractivity contribution in [3.8, 4) is 0 Å². The molecule has 0 aliphatic carbocycles. The van der Waals surface area contributed by atoms with E-state index in [1.807, 2.05) is 20.8 Å². The number of sulfonamides is 1. The van der Waals surface area contributed by atoms with Crippen LogP contribution in [0.5, 0.6) is 0 Å². The first-order valence-corrected chi connectivity index (χ1v) is 11.5. The fourth-order valence-corrected chi connectivity index (χ4v) is 5.36. The van der Waals surface area contributed by atoms with Gasteiger partial charge < -0.3 is 10.2 Å². The van der Waals surface area contributed by atoms with Crippen LogP contribution in [0.1, 0.15) is 41.0 Å². The zero-order valence-corrected chi connectivity index (χ0v) is 19.3. The maximum absolute atomic E-state index is 13.1. The number of nitro groups is 1. The van der Waals surface area contributed by atoms with Gasteiger partial charge in [0.2, 0.25) is 21.8 Å². The number of benzene rings is 1. The Morgan fingerprint density at radius 1 is 1.26 bits per heavy atom. The van der Waals surface area contributed by atoms with Crippen molar-refractivity contribution in [3.05, 3.63) is 34.4 Å². The Kier molecular flexibility index (Phi) is 7.43. The fourth-order valence-electron chi connectivity index (χ4n) is 3.69. The number of amides is 2. The maximum Gasteiger partial charge on any atom is 0.289 e. The molecule has 1 N–H and O–H groups in total. The first-order valence-electron chi connectivity index (χ1n) is 10.0. The zero-order valence-electron chi connectivity index (χ0n) is 18.5. The number of nitro benzene ring substituents is 1. The summed E-state index contributed by atoms with van der Waals surface area (Å²) in [6, 6.07) is 4.04. The van der Waals surface area contributed by atoms with Crippen LogP contribution in [-0.4, -0.2) is 66.1 Å². The van der Waals surface area contributed by atoms with Crippen molar-refractivity contribution in [1.29, 1.82) is 0 Å². The molecule has 1 saturated heterocycles. The smallest absolute Gasteiger partial charge is 0.289 e. The SMILES string of the molecule is CC(=O)N[C@@H](CC(C)(C)C)C(=O)N1CCN(S(=O)(=O)c2ccccc2[N+](=O)[O-])C[C@H]1C. The van der Waals surface area contributed by atoms with Gasteiger partial charge in [-0.2, -0.15) is 4.31 Å². The van der Waals surface area contributed by atoms with Crippen LogP contribution in [0.25, 0.3) is 0 Å². The molecule has 2 rings (SSSR count). The molecule has 1 fully saturated rings. The van der Waals surface area contributed by atoms with Gasteiger partial charge in [0, 0.05) is 38.7 Å². The second kappa shape index (κ2) is 9.31. The molecule has 1 aromatic carbocycles. The van der Waals surface area contributed by atoms with Gasteiger partial charge in [0.05, 0.1) is 4.92 Å². The molecule has 0 aromatic heterocycles. The van der Waals surface area contributed by atoms with Crippen LogP contribution in [0.2, 0.25) is 0 Å². The highest BCUT2D eigenvalue weighted by atomic mass is 32.2. The molecule has 1 heterocycles. The second-order valence-corrected chi connectivity index (χ2v) is 10.9. The summed E-state index contributed by atoms with van der Waals surface area (Å²) in [4.78, 5) is 36.5. The van der Waals surface area contributed by atoms with Crippen LogP contribution >= 0.6 is 0 Å². The third-order valence-electron chi connectivity index (χ3n) is 5.05. The number of hydrogen-bond donors (Lipinski definition) is 1. The van der Waals surface area contributed by atoms with E-state index in [0.717, 1.165) is 6.07 Å². The van der Waals surface area contributed by atoms with Crippen molar-refractivity contribution in [2.75, 3.05) is 19.6 Å². The third-order valence-corrected chi connectivity index (χ3v) is 6.96. The normalized spacial score (nSPS) is 19.0. The van der Waals surface area contributed by atoms with E-state index in [-0.39, 0.29) is 41.8 Å². The van der Waals surface area contributed by atoms with Gasteiger partial charge >= 0.3 is 0 Å². The largest absolute Gasteiger partial charge is 0.345 e. The van der Waals surface area contributed by atoms with E-state index in [4.69, 9.17) is 0 Å². The summed E-state index contributed by atoms with van der Waals surface area (Å²) in [5.74, 6) is -0.576. The molecule has 1 aromatic rings. The summed E-state index contributed by atoms with van der Waals surface area (Å²) >= 11 is 0. The predicted octanol–water partition coefficient (Wildman–Crippen LogP) is 1.76. The number of piperazine rings is 1. The number of nitrogens with zero attached hydrogens (tertiary/aromatic N) is 3. The van der Waals surface area contributed by atoms with Crippen LogP contribution in [0.3, 0.4) is 0 Å². The Bertz CT molecular complexity index is 957. The van der Waals surface area contributed by atoms with Crippen LogP contribution in [0.15, 0.2) is 29.2 Å². The molecule has 11 heteroatoms. The van der Waals surface area contributed by atoms with Crippen molar-refractivity contribution in [2.24, 2.45) is 5.41 Å². The van der Waals surface area contributed by atoms with Gasteiger partial charge in [-0.25, -0.2) is 8.42 Å². The Morgan fingerprint density at radius 3 is 2.39 bits per heavy atom. The Morgan fingerprint density at radius 2 is 1.87 bits per heavy atom. The highest BCUT2D eigenvalue weighted by molar-refractivity contribution is 7.89. The summed E-state index contributed by atoms with van der Waals surface area (Å²) in [6.07, 6.45) is 0.437. The van der Waals surface area contributed by atoms with E-state index in [9.17, 15) is 28.1 Å². The highest BCUT2D eigenvalue weighted by Gasteiger charge is 2.39. The van der Waals surface area contributed by atoms with Gasteiger partial charge in [-0.3, -0.25) is 19.7 Å². The van der Waals surface area contributed by atoms with Gasteiger partial charge in [-0.15, -0.1) is 0 Å². The van der Waals surface area contributed by atoms with Crippen molar-refractivity contribution in [3.63, 3.8) is 0 Å². The molecule has 0 spiro atoms. The standard InChI is InChI=1S/C20H30N4O6S/c1-14-13-22(31(29,30)18-9-7-6-8-17(18)24(27)28)10-11-23(14)19(26)16(21-15(2)25)12-20(3,4)5/h6-9,14,16H,10-13H2,1-5H3,(H,21,25)/t14-,16+/m1/s1. The quantitative estimate of drug-likeness (QED) is 0.515. The molecule has 0 radical (unpaired) electrons. The second-order valence-electron chi connectivity index (χ2n) is 8.99. The molecule has 2 atom stereocenters. The number of hydrogen-bond acceptors (Lipinski definition) is 6. The number of carbonyl (C=O) groups excluding carboxylic acids is 2. The molecule has 10 nitrogen and oxygen atoms in total. The van der Waals surface area contributed by atoms with Gasteiger partial charge in [0.1, 0.15) is 6.04 Å². The minimum atomic E-state index is -4.10. The Balaban J connectivity index is 2.22. The topological polar surface area (TPSA) is 130 Å². The first kappa shape index (κ1) is 24.7. The highest BCUT2D eigenvalue weighted by Crippen LogP contribution is 2.28. The van der Waals surface area contributed by atoms with Gasteiger partial charge in [-0.05, 0) is 24.8 Å². The lowest BCUT2D eigenvalue weighted by Gasteiger charge is -2.41. The first-order chi connectivity index (χ1) is 14.2. The average Bonchev–Trinajstić information content (AvgIpc) is 2.65. The average molecular weight is 455 g/mol.